The van der Waals surface area contributed by atoms with Gasteiger partial charge in [-0.1, -0.05) is 24.3 Å². The molecule has 0 aromatic rings. The summed E-state index contributed by atoms with van der Waals surface area (Å²) in [5, 5.41) is 31.6. The highest BCUT2D eigenvalue weighted by molar-refractivity contribution is 5.88. The minimum absolute atomic E-state index is 0.285. The van der Waals surface area contributed by atoms with E-state index in [0.29, 0.717) is 38.5 Å². The van der Waals surface area contributed by atoms with Gasteiger partial charge in [-0.15, -0.1) is 0 Å². The summed E-state index contributed by atoms with van der Waals surface area (Å²) in [4.78, 5) is 11.9. The molecule has 1 aliphatic rings. The normalized spacial score (nSPS) is 36.0. The van der Waals surface area contributed by atoms with Gasteiger partial charge < -0.3 is 20.1 Å². The van der Waals surface area contributed by atoms with Gasteiger partial charge >= 0.3 is 5.97 Å². The van der Waals surface area contributed by atoms with Gasteiger partial charge in [-0.2, -0.15) is 0 Å². The molecule has 26 heavy (non-hydrogen) atoms. The third-order valence-corrected chi connectivity index (χ3v) is 5.41. The summed E-state index contributed by atoms with van der Waals surface area (Å²) in [6.07, 6.45) is 5.41. The number of rotatable bonds is 2. The standard InChI is InChI=1S/C21H34O5/c1-14-7-6-8-15(2)18(22)13-17(16(3)20(24)26-5)11-12-21(4,25)19(23)10-9-14/h7-8,17-19,22-23,25H,3,6,9-13H2,1-2,4-5H3/b14-7-,15-8-/t17-,18+,19+,21-/m1/s1. The zero-order valence-electron chi connectivity index (χ0n) is 16.5. The molecule has 4 atom stereocenters. The quantitative estimate of drug-likeness (QED) is 0.397. The van der Waals surface area contributed by atoms with Gasteiger partial charge in [-0.05, 0) is 70.8 Å². The number of allylic oxidation sites excluding steroid dienone is 3. The van der Waals surface area contributed by atoms with E-state index < -0.39 is 23.8 Å². The molecule has 3 N–H and O–H groups in total. The fraction of sp³-hybridized carbons (Fsp3) is 0.667. The third-order valence-electron chi connectivity index (χ3n) is 5.41. The predicted molar refractivity (Wildman–Crippen MR) is 102 cm³/mol. The SMILES string of the molecule is C=C(C(=O)OC)[C@@H]1CC[C@@](C)(O)[C@@H](O)CC/C(C)=C\C/C=C(/C)[C@@H](O)C1. The Morgan fingerprint density at radius 2 is 1.92 bits per heavy atom. The van der Waals surface area contributed by atoms with Crippen LogP contribution in [0.4, 0.5) is 0 Å². The molecule has 0 unspecified atom stereocenters. The number of hydrogen-bond acceptors (Lipinski definition) is 5. The van der Waals surface area contributed by atoms with Gasteiger partial charge in [0.2, 0.25) is 0 Å². The fourth-order valence-electron chi connectivity index (χ4n) is 3.18. The van der Waals surface area contributed by atoms with Crippen LogP contribution in [-0.4, -0.2) is 46.2 Å². The maximum atomic E-state index is 11.9. The van der Waals surface area contributed by atoms with Gasteiger partial charge in [0.1, 0.15) is 0 Å². The number of hydrogen-bond donors (Lipinski definition) is 3. The molecule has 0 spiro atoms. The highest BCUT2D eigenvalue weighted by atomic mass is 16.5. The van der Waals surface area contributed by atoms with Crippen LogP contribution in [0.3, 0.4) is 0 Å². The average molecular weight is 366 g/mol. The summed E-state index contributed by atoms with van der Waals surface area (Å²) in [7, 11) is 1.30. The van der Waals surface area contributed by atoms with Gasteiger partial charge in [-0.25, -0.2) is 4.79 Å². The lowest BCUT2D eigenvalue weighted by atomic mass is 9.81. The topological polar surface area (TPSA) is 87.0 Å². The average Bonchev–Trinajstić information content (AvgIpc) is 2.60. The number of esters is 1. The fourth-order valence-corrected chi connectivity index (χ4v) is 3.18. The summed E-state index contributed by atoms with van der Waals surface area (Å²) < 4.78 is 4.77. The Bertz CT molecular complexity index is 559. The molecule has 0 aromatic heterocycles. The molecule has 5 heteroatoms. The molecule has 0 bridgehead atoms. The van der Waals surface area contributed by atoms with E-state index in [2.05, 4.69) is 12.7 Å². The zero-order valence-corrected chi connectivity index (χ0v) is 16.5. The van der Waals surface area contributed by atoms with Crippen LogP contribution >= 0.6 is 0 Å². The Morgan fingerprint density at radius 3 is 2.54 bits per heavy atom. The van der Waals surface area contributed by atoms with E-state index in [0.717, 1.165) is 11.1 Å². The van der Waals surface area contributed by atoms with Crippen molar-refractivity contribution in [3.63, 3.8) is 0 Å². The second-order valence-electron chi connectivity index (χ2n) is 7.65. The molecule has 0 radical (unpaired) electrons. The Kier molecular flexibility index (Phi) is 8.74. The van der Waals surface area contributed by atoms with E-state index in [4.69, 9.17) is 4.74 Å². The lowest BCUT2D eigenvalue weighted by Gasteiger charge is -2.32. The first-order valence-corrected chi connectivity index (χ1v) is 9.26. The summed E-state index contributed by atoms with van der Waals surface area (Å²) >= 11 is 0. The van der Waals surface area contributed by atoms with Crippen molar-refractivity contribution in [2.75, 3.05) is 7.11 Å². The summed E-state index contributed by atoms with van der Waals surface area (Å²) in [5.41, 5.74) is 1.01. The van der Waals surface area contributed by atoms with Gasteiger partial charge in [0.15, 0.2) is 0 Å². The molecule has 148 valence electrons. The smallest absolute Gasteiger partial charge is 0.333 e. The van der Waals surface area contributed by atoms with Gasteiger partial charge in [0.05, 0.1) is 24.9 Å². The maximum Gasteiger partial charge on any atom is 0.333 e. The predicted octanol–water partition coefficient (Wildman–Crippen LogP) is 3.05. The maximum absolute atomic E-state index is 11.9. The van der Waals surface area contributed by atoms with Crippen LogP contribution in [0.5, 0.6) is 0 Å². The monoisotopic (exact) mass is 366 g/mol. The van der Waals surface area contributed by atoms with E-state index in [-0.39, 0.29) is 11.5 Å². The van der Waals surface area contributed by atoms with Crippen molar-refractivity contribution in [2.24, 2.45) is 5.92 Å². The van der Waals surface area contributed by atoms with Crippen molar-refractivity contribution < 1.29 is 24.9 Å². The van der Waals surface area contributed by atoms with E-state index in [9.17, 15) is 20.1 Å². The van der Waals surface area contributed by atoms with Crippen molar-refractivity contribution in [3.8, 4) is 0 Å². The van der Waals surface area contributed by atoms with Crippen molar-refractivity contribution in [3.05, 3.63) is 35.5 Å². The van der Waals surface area contributed by atoms with Crippen molar-refractivity contribution >= 4 is 5.97 Å². The summed E-state index contributed by atoms with van der Waals surface area (Å²) in [6, 6.07) is 0. The van der Waals surface area contributed by atoms with Gasteiger partial charge in [0, 0.05) is 5.57 Å². The van der Waals surface area contributed by atoms with E-state index in [1.54, 1.807) is 6.92 Å². The minimum Gasteiger partial charge on any atom is -0.466 e. The first kappa shape index (κ1) is 22.6. The molecule has 5 nitrogen and oxygen atoms in total. The molecule has 0 amide bonds. The van der Waals surface area contributed by atoms with Crippen molar-refractivity contribution in [1.29, 1.82) is 0 Å². The second-order valence-corrected chi connectivity index (χ2v) is 7.65. The van der Waals surface area contributed by atoms with E-state index >= 15 is 0 Å². The highest BCUT2D eigenvalue weighted by Gasteiger charge is 2.32. The molecule has 0 heterocycles. The minimum atomic E-state index is -1.27. The van der Waals surface area contributed by atoms with Crippen molar-refractivity contribution in [1.82, 2.24) is 0 Å². The largest absolute Gasteiger partial charge is 0.466 e. The lowest BCUT2D eigenvalue weighted by Crippen LogP contribution is -2.40. The van der Waals surface area contributed by atoms with Gasteiger partial charge in [0.25, 0.3) is 0 Å². The summed E-state index contributed by atoms with van der Waals surface area (Å²) in [5.74, 6) is -0.844. The molecule has 1 rings (SSSR count). The molecule has 0 aromatic carbocycles. The van der Waals surface area contributed by atoms with E-state index in [1.807, 2.05) is 19.9 Å². The molecule has 0 saturated heterocycles. The molecule has 0 saturated carbocycles. The Hall–Kier alpha value is -1.43. The second kappa shape index (κ2) is 10.0. The molecule has 0 fully saturated rings. The zero-order chi connectivity index (χ0) is 19.9. The molecule has 1 aliphatic carbocycles. The molecular formula is C21H34O5. The first-order chi connectivity index (χ1) is 12.1. The highest BCUT2D eigenvalue weighted by Crippen LogP contribution is 2.30. The van der Waals surface area contributed by atoms with Crippen LogP contribution < -0.4 is 0 Å². The van der Waals surface area contributed by atoms with Crippen LogP contribution in [0.1, 0.15) is 59.3 Å². The molecule has 0 aliphatic heterocycles. The Labute approximate surface area is 157 Å². The number of carbonyl (C=O) groups excluding carboxylic acids is 1. The van der Waals surface area contributed by atoms with Crippen LogP contribution in [0.15, 0.2) is 35.5 Å². The third kappa shape index (κ3) is 6.71. The van der Waals surface area contributed by atoms with Crippen LogP contribution in [-0.2, 0) is 9.53 Å². The lowest BCUT2D eigenvalue weighted by molar-refractivity contribution is -0.137. The molecular weight excluding hydrogens is 332 g/mol. The Balaban J connectivity index is 3.09. The van der Waals surface area contributed by atoms with Crippen LogP contribution in [0, 0.1) is 5.92 Å². The number of aliphatic hydroxyl groups is 3. The number of aliphatic hydroxyl groups excluding tert-OH is 2. The number of carbonyl (C=O) groups is 1. The van der Waals surface area contributed by atoms with E-state index in [1.165, 1.54) is 7.11 Å². The summed E-state index contributed by atoms with van der Waals surface area (Å²) in [6.45, 7) is 9.32. The number of ether oxygens (including phenoxy) is 1. The van der Waals surface area contributed by atoms with Crippen LogP contribution in [0.25, 0.3) is 0 Å². The van der Waals surface area contributed by atoms with Crippen molar-refractivity contribution in [2.45, 2.75) is 77.1 Å². The van der Waals surface area contributed by atoms with Crippen LogP contribution in [0.2, 0.25) is 0 Å². The Morgan fingerprint density at radius 1 is 1.27 bits per heavy atom. The van der Waals surface area contributed by atoms with Gasteiger partial charge in [-0.3, -0.25) is 0 Å². The first-order valence-electron chi connectivity index (χ1n) is 9.26. The number of methoxy groups -OCH3 is 1.